The number of piperidine rings is 1. The van der Waals surface area contributed by atoms with Gasteiger partial charge in [0.25, 0.3) is 11.7 Å². The Morgan fingerprint density at radius 2 is 1.83 bits per heavy atom. The second-order valence-corrected chi connectivity index (χ2v) is 7.99. The molecular weight excluding hydrogens is 446 g/mol. The summed E-state index contributed by atoms with van der Waals surface area (Å²) < 4.78 is 15.7. The van der Waals surface area contributed by atoms with Gasteiger partial charge in [-0.3, -0.25) is 9.59 Å². The topological polar surface area (TPSA) is 93.8 Å². The zero-order valence-electron chi connectivity index (χ0n) is 20.0. The highest BCUT2D eigenvalue weighted by atomic mass is 16.5. The first-order valence-electron chi connectivity index (χ1n) is 11.3. The van der Waals surface area contributed by atoms with Gasteiger partial charge < -0.3 is 24.1 Å². The zero-order valence-corrected chi connectivity index (χ0v) is 20.0. The van der Waals surface area contributed by atoms with Gasteiger partial charge in [-0.2, -0.15) is 0 Å². The summed E-state index contributed by atoms with van der Waals surface area (Å²) in [6.45, 7) is 1.22. The second kappa shape index (κ2) is 10.9. The van der Waals surface area contributed by atoms with E-state index in [-0.39, 0.29) is 5.56 Å². The Bertz CT molecular complexity index is 1320. The number of likely N-dealkylation sites (tertiary alicyclic amines) is 1. The van der Waals surface area contributed by atoms with Crippen LogP contribution in [0.5, 0.6) is 11.6 Å². The number of aromatic amines is 1. The van der Waals surface area contributed by atoms with E-state index in [0.29, 0.717) is 55.1 Å². The Kier molecular flexibility index (Phi) is 7.48. The number of Topliss-reactive ketones (excluding diaryl/α,β-unsaturated/α-hetero) is 1. The van der Waals surface area contributed by atoms with Gasteiger partial charge in [-0.1, -0.05) is 47.7 Å². The number of hydrogen-bond donors (Lipinski definition) is 1. The van der Waals surface area contributed by atoms with Crippen LogP contribution in [0.25, 0.3) is 16.5 Å². The number of ether oxygens (including phenoxy) is 3. The number of benzene rings is 1. The maximum Gasteiger partial charge on any atom is 0.295 e. The minimum atomic E-state index is -0.599. The molecule has 1 saturated heterocycles. The number of pyridine rings is 1. The minimum absolute atomic E-state index is 0.235. The lowest BCUT2D eigenvalue weighted by atomic mass is 9.93. The molecule has 4 rings (SSSR count). The smallest absolute Gasteiger partial charge is 0.295 e. The van der Waals surface area contributed by atoms with Crippen LogP contribution in [-0.2, 0) is 9.53 Å². The van der Waals surface area contributed by atoms with Gasteiger partial charge in [0.2, 0.25) is 5.88 Å². The predicted molar refractivity (Wildman–Crippen MR) is 132 cm³/mol. The monoisotopic (exact) mass is 473 g/mol. The molecule has 0 radical (unpaired) electrons. The van der Waals surface area contributed by atoms with Crippen LogP contribution in [0.15, 0.2) is 48.3 Å². The average Bonchev–Trinajstić information content (AvgIpc) is 3.36. The molecule has 0 spiro atoms. The summed E-state index contributed by atoms with van der Waals surface area (Å²) in [6.07, 6.45) is 4.26. The number of hydrogen-bond acceptors (Lipinski definition) is 6. The van der Waals surface area contributed by atoms with E-state index in [4.69, 9.17) is 14.2 Å². The number of carbonyl (C=O) groups excluding carboxylic acids is 2. The van der Waals surface area contributed by atoms with E-state index >= 15 is 0 Å². The Labute approximate surface area is 203 Å². The van der Waals surface area contributed by atoms with E-state index in [0.717, 1.165) is 11.1 Å². The molecule has 0 bridgehead atoms. The molecule has 1 N–H and O–H groups in total. The number of aromatic nitrogens is 2. The first kappa shape index (κ1) is 24.0. The van der Waals surface area contributed by atoms with Gasteiger partial charge in [0.15, 0.2) is 0 Å². The Morgan fingerprint density at radius 1 is 1.09 bits per heavy atom. The van der Waals surface area contributed by atoms with Crippen LogP contribution in [0.4, 0.5) is 0 Å². The quantitative estimate of drug-likeness (QED) is 0.335. The van der Waals surface area contributed by atoms with Crippen molar-refractivity contribution in [3.05, 3.63) is 59.4 Å². The van der Waals surface area contributed by atoms with Gasteiger partial charge in [0.05, 0.1) is 31.4 Å². The van der Waals surface area contributed by atoms with Crippen molar-refractivity contribution in [1.82, 2.24) is 14.9 Å². The van der Waals surface area contributed by atoms with Crippen molar-refractivity contribution in [1.29, 1.82) is 0 Å². The van der Waals surface area contributed by atoms with Crippen LogP contribution in [0, 0.1) is 11.8 Å². The maximum absolute atomic E-state index is 13.2. The highest BCUT2D eigenvalue weighted by molar-refractivity contribution is 6.45. The molecule has 1 aliphatic heterocycles. The van der Waals surface area contributed by atoms with Crippen molar-refractivity contribution >= 4 is 28.2 Å². The van der Waals surface area contributed by atoms with Gasteiger partial charge >= 0.3 is 0 Å². The summed E-state index contributed by atoms with van der Waals surface area (Å²) in [6, 6.07) is 9.97. The number of rotatable bonds is 6. The van der Waals surface area contributed by atoms with Crippen LogP contribution >= 0.6 is 0 Å². The first-order valence-corrected chi connectivity index (χ1v) is 11.3. The number of fused-ring (bicyclic) bond motifs is 1. The minimum Gasteiger partial charge on any atom is -0.494 e. The van der Waals surface area contributed by atoms with Crippen LogP contribution in [0.3, 0.4) is 0 Å². The van der Waals surface area contributed by atoms with Crippen molar-refractivity contribution in [2.45, 2.75) is 12.8 Å². The van der Waals surface area contributed by atoms with E-state index in [1.165, 1.54) is 32.2 Å². The van der Waals surface area contributed by atoms with Crippen molar-refractivity contribution in [2.24, 2.45) is 0 Å². The molecule has 0 saturated carbocycles. The lowest BCUT2D eigenvalue weighted by molar-refractivity contribution is -0.126. The van der Waals surface area contributed by atoms with Crippen molar-refractivity contribution < 1.29 is 23.8 Å². The van der Waals surface area contributed by atoms with Gasteiger partial charge in [-0.15, -0.1) is 0 Å². The Morgan fingerprint density at radius 3 is 2.49 bits per heavy atom. The summed E-state index contributed by atoms with van der Waals surface area (Å²) >= 11 is 0. The lowest BCUT2D eigenvalue weighted by Gasteiger charge is -2.29. The SMILES string of the molecule is COCC#CC(=C1CCN(C(=O)C(=O)c2c[nH]c3c(OC)ncc(OC)c23)CC1)c1ccccc1. The third kappa shape index (κ3) is 4.91. The average molecular weight is 474 g/mol. The highest BCUT2D eigenvalue weighted by Gasteiger charge is 2.30. The van der Waals surface area contributed by atoms with Crippen LogP contribution in [-0.4, -0.2) is 67.6 Å². The van der Waals surface area contributed by atoms with Crippen LogP contribution in [0.2, 0.25) is 0 Å². The predicted octanol–water partition coefficient (Wildman–Crippen LogP) is 3.49. The number of nitrogens with zero attached hydrogens (tertiary/aromatic N) is 2. The molecule has 0 unspecified atom stereocenters. The molecule has 1 aromatic carbocycles. The van der Waals surface area contributed by atoms with Crippen molar-refractivity contribution in [3.8, 4) is 23.5 Å². The molecule has 0 atom stereocenters. The Balaban J connectivity index is 1.56. The maximum atomic E-state index is 13.2. The van der Waals surface area contributed by atoms with E-state index < -0.39 is 11.7 Å². The molecule has 1 fully saturated rings. The largest absolute Gasteiger partial charge is 0.494 e. The molecular formula is C27H27N3O5. The van der Waals surface area contributed by atoms with Crippen LogP contribution < -0.4 is 9.47 Å². The molecule has 3 heterocycles. The van der Waals surface area contributed by atoms with Gasteiger partial charge in [-0.05, 0) is 18.4 Å². The summed E-state index contributed by atoms with van der Waals surface area (Å²) in [5, 5.41) is 0.482. The number of amides is 1. The summed E-state index contributed by atoms with van der Waals surface area (Å²) in [5.41, 5.74) is 3.91. The molecule has 180 valence electrons. The van der Waals surface area contributed by atoms with E-state index in [2.05, 4.69) is 21.8 Å². The third-order valence-electron chi connectivity index (χ3n) is 5.99. The van der Waals surface area contributed by atoms with Crippen LogP contribution in [0.1, 0.15) is 28.8 Å². The van der Waals surface area contributed by atoms with Crippen molar-refractivity contribution in [2.75, 3.05) is 41.0 Å². The molecule has 2 aromatic heterocycles. The first-order chi connectivity index (χ1) is 17.1. The molecule has 1 amide bonds. The molecule has 8 heteroatoms. The number of allylic oxidation sites excluding steroid dienone is 1. The third-order valence-corrected chi connectivity index (χ3v) is 5.99. The van der Waals surface area contributed by atoms with Crippen molar-refractivity contribution in [3.63, 3.8) is 0 Å². The van der Waals surface area contributed by atoms with E-state index in [9.17, 15) is 9.59 Å². The normalized spacial score (nSPS) is 13.2. The molecule has 8 nitrogen and oxygen atoms in total. The fourth-order valence-corrected chi connectivity index (χ4v) is 4.24. The summed E-state index contributed by atoms with van der Waals surface area (Å²) in [4.78, 5) is 35.2. The number of methoxy groups -OCH3 is 3. The second-order valence-electron chi connectivity index (χ2n) is 7.99. The number of H-pyrrole nitrogens is 1. The highest BCUT2D eigenvalue weighted by Crippen LogP contribution is 2.34. The Hall–Kier alpha value is -4.09. The number of carbonyl (C=O) groups is 2. The number of ketones is 1. The lowest BCUT2D eigenvalue weighted by Crippen LogP contribution is -2.40. The molecule has 1 aliphatic rings. The van der Waals surface area contributed by atoms with E-state index in [1.807, 2.05) is 30.3 Å². The fraction of sp³-hybridized carbons (Fsp3) is 0.296. The van der Waals surface area contributed by atoms with Gasteiger partial charge in [0, 0.05) is 32.0 Å². The molecule has 0 aliphatic carbocycles. The standard InChI is InChI=1S/C27H27N3O5/c1-33-15-7-10-20(18-8-5-4-6-9-18)19-11-13-30(14-12-19)27(32)25(31)21-16-28-24-23(21)22(34-2)17-29-26(24)35-3/h4-6,8-9,16-17,28H,11-15H2,1-3H3. The molecule has 35 heavy (non-hydrogen) atoms. The summed E-state index contributed by atoms with van der Waals surface area (Å²) in [7, 11) is 4.59. The molecule has 3 aromatic rings. The zero-order chi connectivity index (χ0) is 24.8. The van der Waals surface area contributed by atoms with Gasteiger partial charge in [-0.25, -0.2) is 4.98 Å². The number of nitrogens with one attached hydrogen (secondary N) is 1. The van der Waals surface area contributed by atoms with Gasteiger partial charge in [0.1, 0.15) is 17.9 Å². The van der Waals surface area contributed by atoms with E-state index in [1.54, 1.807) is 12.0 Å². The fourth-order valence-electron chi connectivity index (χ4n) is 4.24. The summed E-state index contributed by atoms with van der Waals surface area (Å²) in [5.74, 6) is 5.85.